The number of nitrogens with one attached hydrogen (secondary N) is 2. The fourth-order valence-corrected chi connectivity index (χ4v) is 4.97. The van der Waals surface area contributed by atoms with Crippen LogP contribution in [0, 0.1) is 17.1 Å². The van der Waals surface area contributed by atoms with Crippen molar-refractivity contribution in [2.45, 2.75) is 30.2 Å². The summed E-state index contributed by atoms with van der Waals surface area (Å²) >= 11 is 0. The number of benzene rings is 1. The Kier molecular flexibility index (Phi) is 4.87. The van der Waals surface area contributed by atoms with E-state index in [0.29, 0.717) is 18.4 Å². The van der Waals surface area contributed by atoms with Crippen LogP contribution in [0.15, 0.2) is 41.9 Å². The molecule has 146 valence electrons. The highest BCUT2D eigenvalue weighted by molar-refractivity contribution is 7.89. The van der Waals surface area contributed by atoms with Crippen LogP contribution in [0.5, 0.6) is 0 Å². The summed E-state index contributed by atoms with van der Waals surface area (Å²) in [5.41, 5.74) is -0.187. The number of hydrogen-bond acceptors (Lipinski definition) is 4. The lowest BCUT2D eigenvalue weighted by Crippen LogP contribution is -2.42. The van der Waals surface area contributed by atoms with Gasteiger partial charge in [0, 0.05) is 30.0 Å². The molecule has 9 heteroatoms. The quantitative estimate of drug-likeness (QED) is 0.770. The third-order valence-electron chi connectivity index (χ3n) is 4.81. The number of rotatable bonds is 3. The molecular formula is C19H19FN4O3S. The number of anilines is 1. The predicted molar refractivity (Wildman–Crippen MR) is 102 cm³/mol. The minimum absolute atomic E-state index is 0.0440. The Morgan fingerprint density at radius 3 is 2.86 bits per heavy atom. The average molecular weight is 402 g/mol. The zero-order valence-corrected chi connectivity index (χ0v) is 16.2. The van der Waals surface area contributed by atoms with Gasteiger partial charge in [-0.1, -0.05) is 6.08 Å². The lowest BCUT2D eigenvalue weighted by Gasteiger charge is -2.24. The van der Waals surface area contributed by atoms with Crippen LogP contribution in [0.1, 0.15) is 35.0 Å². The summed E-state index contributed by atoms with van der Waals surface area (Å²) in [5.74, 6) is -1.23. The van der Waals surface area contributed by atoms with Crippen LogP contribution in [-0.2, 0) is 23.5 Å². The van der Waals surface area contributed by atoms with E-state index in [1.54, 1.807) is 20.0 Å². The van der Waals surface area contributed by atoms with Gasteiger partial charge in [0.05, 0.1) is 5.56 Å². The molecule has 0 aliphatic carbocycles. The zero-order chi connectivity index (χ0) is 20.7. The normalized spacial score (nSPS) is 20.5. The van der Waals surface area contributed by atoms with Crippen molar-refractivity contribution in [2.24, 2.45) is 7.05 Å². The van der Waals surface area contributed by atoms with Crippen molar-refractivity contribution in [3.8, 4) is 6.07 Å². The number of halogens is 1. The molecule has 1 atom stereocenters. The van der Waals surface area contributed by atoms with E-state index in [-0.39, 0.29) is 21.8 Å². The first kappa shape index (κ1) is 19.8. The standard InChI is InChI=1S/C19H19FN4O3S/c1-4-19(2)8-7-14-16(28(26,27)23-19)11-24(3)17(14)18(25)22-13-5-6-15(20)12(9-13)10-21/h4-6,9,11,23H,1,7-8H2,2-3H3,(H,22,25)/t19-/m1/s1. The number of carbonyl (C=O) groups excluding carboxylic acids is 1. The Morgan fingerprint density at radius 1 is 1.50 bits per heavy atom. The maximum absolute atomic E-state index is 13.5. The molecule has 28 heavy (non-hydrogen) atoms. The van der Waals surface area contributed by atoms with Crippen LogP contribution in [0.25, 0.3) is 0 Å². The number of fused-ring (bicyclic) bond motifs is 1. The number of aromatic nitrogens is 1. The summed E-state index contributed by atoms with van der Waals surface area (Å²) in [6.45, 7) is 5.42. The molecule has 0 fully saturated rings. The Morgan fingerprint density at radius 2 is 2.21 bits per heavy atom. The van der Waals surface area contributed by atoms with E-state index >= 15 is 0 Å². The Hall–Kier alpha value is -2.96. The van der Waals surface area contributed by atoms with Crippen molar-refractivity contribution in [3.05, 3.63) is 59.7 Å². The molecular weight excluding hydrogens is 383 g/mol. The Labute approximate surface area is 162 Å². The summed E-state index contributed by atoms with van der Waals surface area (Å²) in [4.78, 5) is 12.9. The lowest BCUT2D eigenvalue weighted by atomic mass is 9.94. The molecule has 0 saturated carbocycles. The molecule has 0 bridgehead atoms. The first-order chi connectivity index (χ1) is 13.1. The molecule has 0 radical (unpaired) electrons. The number of sulfonamides is 1. The fourth-order valence-electron chi connectivity index (χ4n) is 3.24. The van der Waals surface area contributed by atoms with Crippen LogP contribution >= 0.6 is 0 Å². The van der Waals surface area contributed by atoms with Gasteiger partial charge in [-0.2, -0.15) is 5.26 Å². The largest absolute Gasteiger partial charge is 0.345 e. The second kappa shape index (κ2) is 6.89. The van der Waals surface area contributed by atoms with Crippen molar-refractivity contribution in [3.63, 3.8) is 0 Å². The summed E-state index contributed by atoms with van der Waals surface area (Å²) in [7, 11) is -2.26. The minimum atomic E-state index is -3.84. The average Bonchev–Trinajstić information content (AvgIpc) is 2.94. The molecule has 2 N–H and O–H groups in total. The first-order valence-electron chi connectivity index (χ1n) is 8.47. The molecule has 1 amide bonds. The zero-order valence-electron chi connectivity index (χ0n) is 15.4. The van der Waals surface area contributed by atoms with Gasteiger partial charge >= 0.3 is 0 Å². The van der Waals surface area contributed by atoms with Gasteiger partial charge in [-0.25, -0.2) is 17.5 Å². The maximum Gasteiger partial charge on any atom is 0.272 e. The van der Waals surface area contributed by atoms with Crippen LogP contribution in [0.2, 0.25) is 0 Å². The molecule has 2 heterocycles. The third-order valence-corrected chi connectivity index (χ3v) is 6.47. The van der Waals surface area contributed by atoms with Gasteiger partial charge in [0.2, 0.25) is 10.0 Å². The van der Waals surface area contributed by atoms with Crippen molar-refractivity contribution in [2.75, 3.05) is 5.32 Å². The van der Waals surface area contributed by atoms with Gasteiger partial charge < -0.3 is 9.88 Å². The maximum atomic E-state index is 13.5. The molecule has 7 nitrogen and oxygen atoms in total. The number of hydrogen-bond donors (Lipinski definition) is 2. The Bertz CT molecular complexity index is 1130. The van der Waals surface area contributed by atoms with E-state index < -0.39 is 27.3 Å². The first-order valence-corrected chi connectivity index (χ1v) is 9.95. The van der Waals surface area contributed by atoms with Gasteiger partial charge in [0.25, 0.3) is 5.91 Å². The van der Waals surface area contributed by atoms with Crippen molar-refractivity contribution >= 4 is 21.6 Å². The minimum Gasteiger partial charge on any atom is -0.345 e. The van der Waals surface area contributed by atoms with E-state index in [1.807, 2.05) is 0 Å². The van der Waals surface area contributed by atoms with E-state index in [1.165, 1.54) is 29.0 Å². The molecule has 0 unspecified atom stereocenters. The highest BCUT2D eigenvalue weighted by Crippen LogP contribution is 2.31. The van der Waals surface area contributed by atoms with Crippen molar-refractivity contribution in [1.29, 1.82) is 5.26 Å². The van der Waals surface area contributed by atoms with Gasteiger partial charge in [-0.15, -0.1) is 6.58 Å². The summed E-state index contributed by atoms with van der Waals surface area (Å²) in [6.07, 6.45) is 3.72. The molecule has 1 aliphatic heterocycles. The van der Waals surface area contributed by atoms with E-state index in [4.69, 9.17) is 5.26 Å². The number of aryl methyl sites for hydroxylation is 1. The highest BCUT2D eigenvalue weighted by Gasteiger charge is 2.36. The topological polar surface area (TPSA) is 104 Å². The second-order valence-electron chi connectivity index (χ2n) is 6.92. The molecule has 0 spiro atoms. The molecule has 3 rings (SSSR count). The molecule has 2 aromatic rings. The Balaban J connectivity index is 2.01. The SMILES string of the molecule is C=C[C@]1(C)CCc2c(cn(C)c2C(=O)Nc2ccc(F)c(C#N)c2)S(=O)(=O)N1. The summed E-state index contributed by atoms with van der Waals surface area (Å²) in [5, 5.41) is 11.5. The van der Waals surface area contributed by atoms with Gasteiger partial charge in [0.1, 0.15) is 22.5 Å². The van der Waals surface area contributed by atoms with Crippen molar-refractivity contribution in [1.82, 2.24) is 9.29 Å². The van der Waals surface area contributed by atoms with Gasteiger partial charge in [0.15, 0.2) is 0 Å². The fraction of sp³-hybridized carbons (Fsp3) is 0.263. The van der Waals surface area contributed by atoms with Gasteiger partial charge in [-0.3, -0.25) is 4.79 Å². The highest BCUT2D eigenvalue weighted by atomic mass is 32.2. The predicted octanol–water partition coefficient (Wildman–Crippen LogP) is 2.46. The van der Waals surface area contributed by atoms with E-state index in [9.17, 15) is 17.6 Å². The van der Waals surface area contributed by atoms with Gasteiger partial charge in [-0.05, 0) is 38.0 Å². The molecule has 0 saturated heterocycles. The van der Waals surface area contributed by atoms with Crippen LogP contribution in [-0.4, -0.2) is 24.4 Å². The number of nitrogens with zero attached hydrogens (tertiary/aromatic N) is 2. The van der Waals surface area contributed by atoms with E-state index in [2.05, 4.69) is 16.6 Å². The molecule has 1 aliphatic rings. The van der Waals surface area contributed by atoms with Crippen molar-refractivity contribution < 1.29 is 17.6 Å². The second-order valence-corrected chi connectivity index (χ2v) is 8.57. The van der Waals surface area contributed by atoms with E-state index in [0.717, 1.165) is 6.07 Å². The van der Waals surface area contributed by atoms with Crippen LogP contribution in [0.3, 0.4) is 0 Å². The summed E-state index contributed by atoms with van der Waals surface area (Å²) < 4.78 is 43.1. The smallest absolute Gasteiger partial charge is 0.272 e. The molecule has 1 aromatic carbocycles. The monoisotopic (exact) mass is 402 g/mol. The van der Waals surface area contributed by atoms with Crippen LogP contribution < -0.4 is 10.0 Å². The number of carbonyl (C=O) groups is 1. The van der Waals surface area contributed by atoms with Crippen LogP contribution in [0.4, 0.5) is 10.1 Å². The molecule has 1 aromatic heterocycles. The lowest BCUT2D eigenvalue weighted by molar-refractivity contribution is 0.101. The number of amides is 1. The number of nitriles is 1. The summed E-state index contributed by atoms with van der Waals surface area (Å²) in [6, 6.07) is 5.36. The third kappa shape index (κ3) is 3.44.